The molecule has 0 radical (unpaired) electrons. The van der Waals surface area contributed by atoms with Gasteiger partial charge in [0.1, 0.15) is 91.6 Å². The second-order valence-corrected chi connectivity index (χ2v) is 33.2. The molecule has 6 heterocycles. The number of hydrogen-bond acceptors (Lipinski definition) is 25. The molecule has 0 bridgehead atoms. The number of azide groups is 2. The summed E-state index contributed by atoms with van der Waals surface area (Å²) in [6, 6.07) is 81.5. The van der Waals surface area contributed by atoms with Crippen molar-refractivity contribution in [1.29, 1.82) is 0 Å². The number of esters is 2. The maximum Gasteiger partial charge on any atom is 0.410 e. The smallest absolute Gasteiger partial charge is 0.410 e. The Morgan fingerprint density at radius 2 is 0.893 bits per heavy atom. The normalized spacial score (nSPS) is 27.5. The van der Waals surface area contributed by atoms with Crippen molar-refractivity contribution >= 4 is 45.4 Å². The van der Waals surface area contributed by atoms with Gasteiger partial charge in [0.2, 0.25) is 0 Å². The van der Waals surface area contributed by atoms with Crippen molar-refractivity contribution in [2.75, 3.05) is 33.0 Å². The number of benzene rings is 10. The highest BCUT2D eigenvalue weighted by atomic mass is 16.8. The Morgan fingerprint density at radius 3 is 1.47 bits per heavy atom. The van der Waals surface area contributed by atoms with Gasteiger partial charge in [0, 0.05) is 54.0 Å². The molecule has 6 unspecified atom stereocenters. The number of nitrogens with zero attached hydrogens (tertiary/aromatic N) is 7. The van der Waals surface area contributed by atoms with E-state index in [4.69, 9.17) is 90.0 Å². The Bertz CT molecular complexity index is 5450. The van der Waals surface area contributed by atoms with Crippen LogP contribution in [0.4, 0.5) is 4.79 Å². The van der Waals surface area contributed by atoms with Crippen LogP contribution >= 0.6 is 0 Å². The second-order valence-electron chi connectivity index (χ2n) is 33.2. The van der Waals surface area contributed by atoms with E-state index in [2.05, 4.69) is 32.2 Å². The zero-order valence-electron chi connectivity index (χ0n) is 72.9. The Labute approximate surface area is 758 Å². The third kappa shape index (κ3) is 24.5. The molecule has 16 rings (SSSR count). The van der Waals surface area contributed by atoms with Crippen LogP contribution < -0.4 is 0 Å². The number of amides is 1. The quantitative estimate of drug-likeness (QED) is 0.00862. The summed E-state index contributed by atoms with van der Waals surface area (Å²) in [6.45, 7) is 4.75. The highest BCUT2D eigenvalue weighted by molar-refractivity contribution is 5.84. The molecule has 22 atom stereocenters. The van der Waals surface area contributed by atoms with Crippen molar-refractivity contribution in [2.24, 2.45) is 10.2 Å². The molecule has 1 amide bonds. The lowest BCUT2D eigenvalue weighted by atomic mass is 9.93. The fourth-order valence-electron chi connectivity index (χ4n) is 17.3. The minimum absolute atomic E-state index is 0.0168. The van der Waals surface area contributed by atoms with Gasteiger partial charge >= 0.3 is 18.0 Å². The van der Waals surface area contributed by atoms with E-state index in [1.807, 2.05) is 255 Å². The summed E-state index contributed by atoms with van der Waals surface area (Å²) < 4.78 is 131. The molecule has 30 heteroatoms. The van der Waals surface area contributed by atoms with Crippen molar-refractivity contribution < 1.29 is 109 Å². The largest absolute Gasteiger partial charge is 0.457 e. The summed E-state index contributed by atoms with van der Waals surface area (Å²) in [5.41, 5.74) is 28.5. The summed E-state index contributed by atoms with van der Waals surface area (Å²) in [6.07, 6.45) is -25.4. The molecule has 6 aliphatic heterocycles. The summed E-state index contributed by atoms with van der Waals surface area (Å²) in [5.74, 6) is -1.89. The van der Waals surface area contributed by atoms with Gasteiger partial charge in [0.25, 0.3) is 0 Å². The van der Waals surface area contributed by atoms with Gasteiger partial charge in [-0.3, -0.25) is 9.59 Å². The Kier molecular flexibility index (Phi) is 32.7. The van der Waals surface area contributed by atoms with Crippen LogP contribution in [-0.2, 0) is 144 Å². The van der Waals surface area contributed by atoms with E-state index in [0.717, 1.165) is 54.9 Å². The van der Waals surface area contributed by atoms with Gasteiger partial charge in [0.15, 0.2) is 49.9 Å². The molecule has 0 saturated carbocycles. The zero-order chi connectivity index (χ0) is 90.2. The number of carbonyl (C=O) groups excluding carboxylic acids is 4. The van der Waals surface area contributed by atoms with E-state index in [1.165, 1.54) is 13.8 Å². The highest BCUT2D eigenvalue weighted by Crippen LogP contribution is 2.45. The Balaban J connectivity index is 0.751. The van der Waals surface area contributed by atoms with Crippen molar-refractivity contribution in [3.8, 4) is 0 Å². The Hall–Kier alpha value is -11.4. The van der Waals surface area contributed by atoms with Crippen LogP contribution in [0.15, 0.2) is 277 Å². The molecule has 6 saturated heterocycles. The average Bonchev–Trinajstić information content (AvgIpc) is 0.742. The maximum atomic E-state index is 14.4. The minimum atomic E-state index is -1.76. The molecule has 131 heavy (non-hydrogen) atoms. The van der Waals surface area contributed by atoms with Gasteiger partial charge < -0.3 is 99.7 Å². The lowest BCUT2D eigenvalue weighted by molar-refractivity contribution is -0.395. The predicted molar refractivity (Wildman–Crippen MR) is 476 cm³/mol. The first-order valence-corrected chi connectivity index (χ1v) is 44.5. The molecule has 684 valence electrons. The van der Waals surface area contributed by atoms with Crippen LogP contribution in [0.2, 0.25) is 0 Å². The van der Waals surface area contributed by atoms with Crippen molar-refractivity contribution in [2.45, 2.75) is 228 Å². The van der Waals surface area contributed by atoms with Gasteiger partial charge in [-0.15, -0.1) is 0 Å². The lowest BCUT2D eigenvalue weighted by Crippen LogP contribution is -2.68. The number of ketones is 1. The summed E-state index contributed by atoms with van der Waals surface area (Å²) in [7, 11) is 0. The van der Waals surface area contributed by atoms with Gasteiger partial charge in [-0.2, -0.15) is 0 Å². The van der Waals surface area contributed by atoms with Gasteiger partial charge in [-0.1, -0.05) is 265 Å². The number of carbonyl (C=O) groups is 4. The Morgan fingerprint density at radius 1 is 0.412 bits per heavy atom. The summed E-state index contributed by atoms with van der Waals surface area (Å²) in [4.78, 5) is 63.1. The number of fused-ring (bicyclic) bond motifs is 4. The summed E-state index contributed by atoms with van der Waals surface area (Å²) in [5, 5.41) is 12.9. The SMILES string of the molecule is CC(=O)CCC(=O)OC1C(O[C@H]2[C@H](N=[N+]=[N-])[C@H](O[C@@H]3[C@@H](N=[N+]=[N-])[C@@H](O[C@@H]4[C@H](OCc5ccc6ccccc6c5)[C@@H](OCc5ccc6ccccc6c5)[C@@H](OCCCCCN(Cc5ccccc5)C(=O)OCc5ccccc5)O[C@@H]4COCc4ccccc4)O[C@@H]4CO[C@H](c5ccccc5)O[C@H]34)O[C@@H](C)[C@H]2OC(C)=O)OC2COC(c3ccccc3)OC2C1OCc1ccccc1. The van der Waals surface area contributed by atoms with E-state index in [0.29, 0.717) is 43.5 Å². The van der Waals surface area contributed by atoms with E-state index >= 15 is 0 Å². The second kappa shape index (κ2) is 46.1. The third-order valence-electron chi connectivity index (χ3n) is 23.8. The first-order valence-electron chi connectivity index (χ1n) is 44.5. The van der Waals surface area contributed by atoms with E-state index in [1.54, 1.807) is 11.8 Å². The van der Waals surface area contributed by atoms with Gasteiger partial charge in [-0.05, 0) is 111 Å². The number of hydrogen-bond donors (Lipinski definition) is 0. The number of unbranched alkanes of at least 4 members (excludes halogenated alkanes) is 2. The first kappa shape index (κ1) is 92.8. The van der Waals surface area contributed by atoms with E-state index < -0.39 is 153 Å². The monoisotopic (exact) mass is 1790 g/mol. The number of ether oxygens (including phenoxy) is 19. The van der Waals surface area contributed by atoms with Crippen LogP contribution in [0.5, 0.6) is 0 Å². The molecule has 0 aromatic heterocycles. The van der Waals surface area contributed by atoms with E-state index in [-0.39, 0.29) is 78.1 Å². The molecule has 10 aromatic rings. The average molecular weight is 1790 g/mol. The predicted octanol–water partition coefficient (Wildman–Crippen LogP) is 17.2. The molecule has 6 fully saturated rings. The topological polar surface area (TPSA) is 344 Å². The fraction of sp³-hybridized carbons (Fsp3) is 0.406. The highest BCUT2D eigenvalue weighted by Gasteiger charge is 2.60. The molecular formula is C101H107N7O23. The van der Waals surface area contributed by atoms with Crippen LogP contribution in [0.25, 0.3) is 42.4 Å². The van der Waals surface area contributed by atoms with Crippen LogP contribution in [0, 0.1) is 0 Å². The molecule has 0 N–H and O–H groups in total. The maximum absolute atomic E-state index is 14.4. The molecule has 30 nitrogen and oxygen atoms in total. The molecular weight excluding hydrogens is 1680 g/mol. The van der Waals surface area contributed by atoms with Crippen molar-refractivity contribution in [3.05, 3.63) is 332 Å². The van der Waals surface area contributed by atoms with Crippen LogP contribution in [0.1, 0.15) is 110 Å². The molecule has 0 aliphatic carbocycles. The fourth-order valence-corrected chi connectivity index (χ4v) is 17.3. The minimum Gasteiger partial charge on any atom is -0.457 e. The summed E-state index contributed by atoms with van der Waals surface area (Å²) >= 11 is 0. The number of rotatable bonds is 39. The van der Waals surface area contributed by atoms with Crippen LogP contribution in [0.3, 0.4) is 0 Å². The number of Topliss-reactive ketones (excluding diaryl/α,β-unsaturated/α-hetero) is 1. The van der Waals surface area contributed by atoms with Gasteiger partial charge in [0.05, 0.1) is 58.8 Å². The van der Waals surface area contributed by atoms with Crippen molar-refractivity contribution in [1.82, 2.24) is 4.90 Å². The van der Waals surface area contributed by atoms with E-state index in [9.17, 15) is 30.2 Å². The standard InChI is InChI=1S/C101H107N7O23/c1-64(109)45-50-82(111)126-94-92(115-57-69-33-15-6-16-34-69)88-81(63-119-96(128-88)76-41-21-9-22-42-76)125-100(94)131-89-83(104-106-102)97(121-65(2)85(89)122-66(3)110)130-90-84(105-107-103)98(123-80-62-118-95(127-86(80)90)75-39-19-8-20-40-75)129-87-79(61-113-56-68-31-13-5-14-32-68)124-99(114-52-28-10-27-51-108(55-67-29-11-4-12-30-67)101(112)120-58-70-35-17-7-18-36-70)93(117-60-72-47-49-74-38-24-26-44-78(74)54-72)91(87)116-59-71-46-48-73-37-23-25-43-77(73)53-71/h4-9,11-26,29-44,46-49,53-54,65,79-81,83-100H,10,27-28,45,50-52,55-63H2,1-3H3/t65-,79+,80+,81?,83-,84+,85+,86-,87-,88?,89-,90+,91-,92?,93+,94?,95-,96?,97-,98+,99-,100?/m0/s1. The van der Waals surface area contributed by atoms with Gasteiger partial charge in [-0.25, -0.2) is 4.79 Å². The molecule has 10 aromatic carbocycles. The molecule has 6 aliphatic rings. The van der Waals surface area contributed by atoms with Crippen LogP contribution in [-0.4, -0.2) is 184 Å². The lowest BCUT2D eigenvalue weighted by Gasteiger charge is -2.53. The molecule has 0 spiro atoms. The van der Waals surface area contributed by atoms with Crippen molar-refractivity contribution in [3.63, 3.8) is 0 Å². The first-order chi connectivity index (χ1) is 64.2. The zero-order valence-corrected chi connectivity index (χ0v) is 72.9. The third-order valence-corrected chi connectivity index (χ3v) is 23.8.